The molecule has 0 aliphatic carbocycles. The van der Waals surface area contributed by atoms with Gasteiger partial charge in [-0.2, -0.15) is 0 Å². The summed E-state index contributed by atoms with van der Waals surface area (Å²) in [6.45, 7) is 0.792. The van der Waals surface area contributed by atoms with E-state index in [-0.39, 0.29) is 16.7 Å². The Kier molecular flexibility index (Phi) is 5.61. The highest BCUT2D eigenvalue weighted by Crippen LogP contribution is 2.41. The molecule has 0 bridgehead atoms. The van der Waals surface area contributed by atoms with Gasteiger partial charge in [-0.25, -0.2) is 8.42 Å². The zero-order valence-electron chi connectivity index (χ0n) is 16.7. The van der Waals surface area contributed by atoms with Crippen molar-refractivity contribution in [2.75, 3.05) is 18.9 Å². The zero-order valence-corrected chi connectivity index (χ0v) is 17.6. The normalized spacial score (nSPS) is 18.3. The topological polar surface area (TPSA) is 74.4 Å². The van der Waals surface area contributed by atoms with E-state index in [0.717, 1.165) is 31.9 Å². The molecule has 1 fully saturated rings. The second kappa shape index (κ2) is 8.08. The first-order valence-corrected chi connectivity index (χ1v) is 11.3. The number of aromatic nitrogens is 1. The molecule has 1 aliphatic heterocycles. The summed E-state index contributed by atoms with van der Waals surface area (Å²) in [7, 11) is -2.44. The van der Waals surface area contributed by atoms with Crippen molar-refractivity contribution in [2.45, 2.75) is 41.6 Å². The maximum atomic E-state index is 13.4. The molecule has 1 aromatic heterocycles. The fraction of sp³-hybridized carbons (Fsp3) is 0.333. The van der Waals surface area contributed by atoms with Gasteiger partial charge in [-0.1, -0.05) is 24.3 Å². The lowest BCUT2D eigenvalue weighted by atomic mass is 10.1. The summed E-state index contributed by atoms with van der Waals surface area (Å²) < 4.78 is 70.9. The van der Waals surface area contributed by atoms with E-state index in [1.807, 2.05) is 11.9 Å². The highest BCUT2D eigenvalue weighted by atomic mass is 32.2. The maximum Gasteiger partial charge on any atom is 0.573 e. The first kappa shape index (κ1) is 21.5. The summed E-state index contributed by atoms with van der Waals surface area (Å²) in [4.78, 5) is 4.19. The number of nitrogens with zero attached hydrogens (tertiary/aromatic N) is 1. The maximum absolute atomic E-state index is 13.4. The molecule has 1 aliphatic rings. The van der Waals surface area contributed by atoms with Gasteiger partial charge in [0.15, 0.2) is 5.75 Å². The van der Waals surface area contributed by atoms with Crippen LogP contribution in [0.3, 0.4) is 0 Å². The molecule has 2 aromatic carbocycles. The number of benzene rings is 2. The highest BCUT2D eigenvalue weighted by molar-refractivity contribution is 7.91. The van der Waals surface area contributed by atoms with Crippen molar-refractivity contribution in [2.24, 2.45) is 0 Å². The average Bonchev–Trinajstić information content (AvgIpc) is 3.15. The first-order chi connectivity index (χ1) is 14.7. The van der Waals surface area contributed by atoms with Gasteiger partial charge in [0.1, 0.15) is 4.90 Å². The molecule has 4 rings (SSSR count). The van der Waals surface area contributed by atoms with Gasteiger partial charge in [0, 0.05) is 17.1 Å². The second-order valence-electron chi connectivity index (χ2n) is 7.52. The van der Waals surface area contributed by atoms with E-state index in [1.54, 1.807) is 24.3 Å². The zero-order chi connectivity index (χ0) is 22.2. The number of rotatable bonds is 5. The molecule has 2 N–H and O–H groups in total. The van der Waals surface area contributed by atoms with E-state index in [0.29, 0.717) is 10.9 Å². The largest absolute Gasteiger partial charge is 0.573 e. The predicted octanol–water partition coefficient (Wildman–Crippen LogP) is 4.75. The van der Waals surface area contributed by atoms with Gasteiger partial charge >= 0.3 is 6.36 Å². The smallest absolute Gasteiger partial charge is 0.402 e. The molecule has 10 heteroatoms. The molecule has 0 spiro atoms. The standard InChI is InChI=1S/C21H22F3N3O3S/c1-27-12-5-4-11-19(27)26-16-9-6-10-17(20(16)30-21(22,23)24)31(28,29)18-13-25-15-8-3-2-7-14(15)18/h2-3,6-10,13,19,25-26H,4-5,11-12H2,1H3. The number of H-pyrrole nitrogens is 1. The molecule has 1 unspecified atom stereocenters. The van der Waals surface area contributed by atoms with E-state index >= 15 is 0 Å². The number of ether oxygens (including phenoxy) is 1. The Morgan fingerprint density at radius 1 is 1.10 bits per heavy atom. The molecule has 1 atom stereocenters. The van der Waals surface area contributed by atoms with Gasteiger partial charge in [0.05, 0.1) is 16.7 Å². The monoisotopic (exact) mass is 453 g/mol. The molecule has 0 amide bonds. The fourth-order valence-corrected chi connectivity index (χ4v) is 5.46. The number of hydrogen-bond donors (Lipinski definition) is 2. The van der Waals surface area contributed by atoms with Gasteiger partial charge in [-0.3, -0.25) is 4.90 Å². The van der Waals surface area contributed by atoms with Gasteiger partial charge < -0.3 is 15.0 Å². The highest BCUT2D eigenvalue weighted by Gasteiger charge is 2.37. The molecule has 3 aromatic rings. The Hall–Kier alpha value is -2.72. The number of halogens is 3. The van der Waals surface area contributed by atoms with Crippen molar-refractivity contribution in [3.8, 4) is 5.75 Å². The molecular formula is C21H22F3N3O3S. The van der Waals surface area contributed by atoms with Gasteiger partial charge in [-0.05, 0) is 51.1 Å². The third-order valence-corrected chi connectivity index (χ3v) is 7.24. The van der Waals surface area contributed by atoms with Crippen molar-refractivity contribution in [3.63, 3.8) is 0 Å². The van der Waals surface area contributed by atoms with Crippen LogP contribution < -0.4 is 10.1 Å². The van der Waals surface area contributed by atoms with Crippen LogP contribution in [0.2, 0.25) is 0 Å². The van der Waals surface area contributed by atoms with E-state index in [4.69, 9.17) is 0 Å². The summed E-state index contributed by atoms with van der Waals surface area (Å²) in [6, 6.07) is 10.6. The Labute approximate surface area is 177 Å². The number of fused-ring (bicyclic) bond motifs is 1. The number of anilines is 1. The third-order valence-electron chi connectivity index (χ3n) is 5.42. The number of likely N-dealkylation sites (tertiary alicyclic amines) is 1. The van der Waals surface area contributed by atoms with Gasteiger partial charge in [0.2, 0.25) is 9.84 Å². The van der Waals surface area contributed by atoms with Crippen molar-refractivity contribution >= 4 is 26.4 Å². The summed E-state index contributed by atoms with van der Waals surface area (Å²) in [5.41, 5.74) is 0.550. The molecule has 166 valence electrons. The lowest BCUT2D eigenvalue weighted by Gasteiger charge is -2.34. The van der Waals surface area contributed by atoms with Crippen molar-refractivity contribution < 1.29 is 26.3 Å². The minimum Gasteiger partial charge on any atom is -0.402 e. The number of aromatic amines is 1. The number of para-hydroxylation sites is 2. The van der Waals surface area contributed by atoms with Crippen LogP contribution in [0.1, 0.15) is 19.3 Å². The van der Waals surface area contributed by atoms with Crippen molar-refractivity contribution in [1.82, 2.24) is 9.88 Å². The molecule has 0 saturated carbocycles. The van der Waals surface area contributed by atoms with Crippen LogP contribution in [0.5, 0.6) is 5.75 Å². The fourth-order valence-electron chi connectivity index (χ4n) is 3.88. The Balaban J connectivity index is 1.83. The van der Waals surface area contributed by atoms with Crippen LogP contribution in [0.15, 0.2) is 58.5 Å². The van der Waals surface area contributed by atoms with Crippen LogP contribution >= 0.6 is 0 Å². The molecule has 0 radical (unpaired) electrons. The number of hydrogen-bond acceptors (Lipinski definition) is 5. The lowest BCUT2D eigenvalue weighted by molar-refractivity contribution is -0.275. The van der Waals surface area contributed by atoms with Crippen LogP contribution in [-0.4, -0.2) is 44.4 Å². The van der Waals surface area contributed by atoms with Gasteiger partial charge in [0.25, 0.3) is 0 Å². The summed E-state index contributed by atoms with van der Waals surface area (Å²) >= 11 is 0. The van der Waals surface area contributed by atoms with E-state index < -0.39 is 26.8 Å². The summed E-state index contributed by atoms with van der Waals surface area (Å²) in [6.07, 6.45) is -1.36. The van der Waals surface area contributed by atoms with Crippen LogP contribution in [-0.2, 0) is 9.84 Å². The molecule has 1 saturated heterocycles. The molecule has 31 heavy (non-hydrogen) atoms. The minimum absolute atomic E-state index is 0.0167. The molecular weight excluding hydrogens is 431 g/mol. The molecule has 6 nitrogen and oxygen atoms in total. The van der Waals surface area contributed by atoms with E-state index in [2.05, 4.69) is 15.0 Å². The lowest BCUT2D eigenvalue weighted by Crippen LogP contribution is -2.41. The second-order valence-corrected chi connectivity index (χ2v) is 9.41. The molecule has 2 heterocycles. The Bertz CT molecular complexity index is 1190. The Morgan fingerprint density at radius 2 is 1.87 bits per heavy atom. The number of sulfone groups is 1. The first-order valence-electron chi connectivity index (χ1n) is 9.83. The van der Waals surface area contributed by atoms with E-state index in [1.165, 1.54) is 18.3 Å². The van der Waals surface area contributed by atoms with Gasteiger partial charge in [-0.15, -0.1) is 13.2 Å². The summed E-state index contributed by atoms with van der Waals surface area (Å²) in [5, 5.41) is 3.44. The van der Waals surface area contributed by atoms with Crippen LogP contribution in [0.4, 0.5) is 18.9 Å². The van der Waals surface area contributed by atoms with Crippen molar-refractivity contribution in [1.29, 1.82) is 0 Å². The van der Waals surface area contributed by atoms with Crippen LogP contribution in [0, 0.1) is 0 Å². The van der Waals surface area contributed by atoms with Crippen LogP contribution in [0.25, 0.3) is 10.9 Å². The summed E-state index contributed by atoms with van der Waals surface area (Å²) in [5.74, 6) is -0.751. The van der Waals surface area contributed by atoms with Crippen molar-refractivity contribution in [3.05, 3.63) is 48.7 Å². The van der Waals surface area contributed by atoms with E-state index in [9.17, 15) is 21.6 Å². The average molecular weight is 453 g/mol. The number of nitrogens with one attached hydrogen (secondary N) is 2. The predicted molar refractivity (Wildman–Crippen MR) is 111 cm³/mol. The number of piperidine rings is 1. The number of alkyl halides is 3. The minimum atomic E-state index is -5.05. The quantitative estimate of drug-likeness (QED) is 0.583. The Morgan fingerprint density at radius 3 is 2.61 bits per heavy atom. The third kappa shape index (κ3) is 4.35. The SMILES string of the molecule is CN1CCCCC1Nc1cccc(S(=O)(=O)c2c[nH]c3ccccc23)c1OC(F)(F)F.